The van der Waals surface area contributed by atoms with E-state index in [1.807, 2.05) is 0 Å². The van der Waals surface area contributed by atoms with Crippen LogP contribution in [-0.2, 0) is 0 Å². The van der Waals surface area contributed by atoms with Gasteiger partial charge in [0.1, 0.15) is 16.1 Å². The van der Waals surface area contributed by atoms with Gasteiger partial charge in [0.25, 0.3) is 5.56 Å². The van der Waals surface area contributed by atoms with Gasteiger partial charge in [-0.3, -0.25) is 4.79 Å². The van der Waals surface area contributed by atoms with Crippen molar-refractivity contribution in [3.8, 4) is 0 Å². The fourth-order valence-corrected chi connectivity index (χ4v) is 2.04. The van der Waals surface area contributed by atoms with E-state index in [9.17, 15) is 9.18 Å². The predicted octanol–water partition coefficient (Wildman–Crippen LogP) is 2.49. The predicted molar refractivity (Wildman–Crippen MR) is 61.9 cm³/mol. The molecular weight excluding hydrogens is 276 g/mol. The van der Waals surface area contributed by atoms with Crippen molar-refractivity contribution in [3.05, 3.63) is 26.5 Å². The molecule has 0 saturated heterocycles. The summed E-state index contributed by atoms with van der Waals surface area (Å²) in [6, 6.07) is 0. The zero-order chi connectivity index (χ0) is 11.9. The van der Waals surface area contributed by atoms with Gasteiger partial charge in [0, 0.05) is 0 Å². The van der Waals surface area contributed by atoms with Crippen LogP contribution in [-0.4, -0.2) is 21.2 Å². The number of hydrogen-bond acceptors (Lipinski definition) is 4. The first kappa shape index (κ1) is 11.6. The van der Waals surface area contributed by atoms with Crippen LogP contribution in [0.1, 0.15) is 0 Å². The highest BCUT2D eigenvalue weighted by Gasteiger charge is 2.16. The lowest BCUT2D eigenvalue weighted by molar-refractivity contribution is 0.629. The minimum absolute atomic E-state index is 0.0960. The van der Waals surface area contributed by atoms with Gasteiger partial charge in [-0.15, -0.1) is 0 Å². The number of nitrogens with one attached hydrogen (secondary N) is 1. The molecule has 16 heavy (non-hydrogen) atoms. The quantitative estimate of drug-likeness (QED) is 0.495. The van der Waals surface area contributed by atoms with Crippen LogP contribution in [0.3, 0.4) is 0 Å². The molecule has 0 spiro atoms. The third-order valence-corrected chi connectivity index (χ3v) is 2.99. The molecule has 0 fully saturated rings. The number of thioether (sulfide) groups is 1. The maximum absolute atomic E-state index is 13.6. The summed E-state index contributed by atoms with van der Waals surface area (Å²) < 4.78 is 13.6. The molecule has 4 nitrogen and oxygen atoms in total. The van der Waals surface area contributed by atoms with Gasteiger partial charge < -0.3 is 4.98 Å². The maximum Gasteiger partial charge on any atom is 0.262 e. The average Bonchev–Trinajstić information content (AvgIpc) is 2.24. The summed E-state index contributed by atoms with van der Waals surface area (Å²) in [5, 5.41) is -0.374. The molecule has 0 aliphatic carbocycles. The molecule has 84 valence electrons. The van der Waals surface area contributed by atoms with Gasteiger partial charge in [0.05, 0.1) is 0 Å². The van der Waals surface area contributed by atoms with Gasteiger partial charge in [-0.2, -0.15) is 0 Å². The summed E-state index contributed by atoms with van der Waals surface area (Å²) in [5.74, 6) is -0.845. The Morgan fingerprint density at radius 1 is 1.31 bits per heavy atom. The molecule has 2 rings (SSSR count). The standard InChI is InChI=1S/C8H4Cl2FN3OS/c1-16-8-12-4-2(7(15)14-8)5(9)13-6(10)3(4)11/h1H3,(H,12,14,15). The lowest BCUT2D eigenvalue weighted by atomic mass is 10.3. The van der Waals surface area contributed by atoms with Crippen LogP contribution in [0.2, 0.25) is 10.3 Å². The van der Waals surface area contributed by atoms with E-state index in [4.69, 9.17) is 23.2 Å². The molecule has 0 aromatic carbocycles. The van der Waals surface area contributed by atoms with Crippen molar-refractivity contribution in [2.75, 3.05) is 6.26 Å². The Hall–Kier alpha value is -0.850. The van der Waals surface area contributed by atoms with E-state index in [2.05, 4.69) is 15.0 Å². The Labute approximate surface area is 103 Å². The molecule has 0 amide bonds. The summed E-state index contributed by atoms with van der Waals surface area (Å²) in [5.41, 5.74) is -0.708. The SMILES string of the molecule is CSc1nc2c(F)c(Cl)nc(Cl)c2c(=O)[nH]1. The lowest BCUT2D eigenvalue weighted by Gasteiger charge is -2.03. The van der Waals surface area contributed by atoms with E-state index in [0.717, 1.165) is 0 Å². The fourth-order valence-electron chi connectivity index (χ4n) is 1.19. The minimum atomic E-state index is -0.845. The average molecular weight is 280 g/mol. The lowest BCUT2D eigenvalue weighted by Crippen LogP contribution is -2.11. The number of halogens is 3. The third kappa shape index (κ3) is 1.77. The molecule has 0 atom stereocenters. The second-order valence-corrected chi connectivity index (χ2v) is 4.32. The highest BCUT2D eigenvalue weighted by molar-refractivity contribution is 7.98. The van der Waals surface area contributed by atoms with Crippen LogP contribution in [0.15, 0.2) is 9.95 Å². The van der Waals surface area contributed by atoms with Crippen LogP contribution >= 0.6 is 35.0 Å². The van der Waals surface area contributed by atoms with E-state index in [1.165, 1.54) is 11.8 Å². The summed E-state index contributed by atoms with van der Waals surface area (Å²) >= 11 is 12.4. The van der Waals surface area contributed by atoms with E-state index >= 15 is 0 Å². The second kappa shape index (κ2) is 4.20. The molecular formula is C8H4Cl2FN3OS. The molecule has 2 heterocycles. The summed E-state index contributed by atoms with van der Waals surface area (Å²) in [6.07, 6.45) is 1.70. The van der Waals surface area contributed by atoms with Crippen molar-refractivity contribution in [2.45, 2.75) is 5.16 Å². The molecule has 0 bridgehead atoms. The van der Waals surface area contributed by atoms with Crippen LogP contribution in [0.25, 0.3) is 10.9 Å². The highest BCUT2D eigenvalue weighted by Crippen LogP contribution is 2.25. The first-order valence-corrected chi connectivity index (χ1v) is 6.01. The van der Waals surface area contributed by atoms with E-state index in [0.29, 0.717) is 0 Å². The minimum Gasteiger partial charge on any atom is -0.301 e. The van der Waals surface area contributed by atoms with Gasteiger partial charge >= 0.3 is 0 Å². The van der Waals surface area contributed by atoms with E-state index in [-0.39, 0.29) is 21.2 Å². The van der Waals surface area contributed by atoms with E-state index < -0.39 is 16.5 Å². The molecule has 2 aromatic heterocycles. The van der Waals surface area contributed by atoms with Gasteiger partial charge in [0.2, 0.25) is 0 Å². The zero-order valence-corrected chi connectivity index (χ0v) is 10.2. The Morgan fingerprint density at radius 3 is 2.62 bits per heavy atom. The first-order valence-electron chi connectivity index (χ1n) is 4.03. The number of pyridine rings is 1. The summed E-state index contributed by atoms with van der Waals surface area (Å²) in [6.45, 7) is 0. The first-order chi connectivity index (χ1) is 7.54. The Balaban J connectivity index is 3.00. The van der Waals surface area contributed by atoms with Crippen molar-refractivity contribution >= 4 is 45.9 Å². The van der Waals surface area contributed by atoms with Gasteiger partial charge in [-0.05, 0) is 6.26 Å². The topological polar surface area (TPSA) is 58.6 Å². The molecule has 0 radical (unpaired) electrons. The second-order valence-electron chi connectivity index (χ2n) is 2.81. The van der Waals surface area contributed by atoms with Crippen LogP contribution in [0.4, 0.5) is 4.39 Å². The largest absolute Gasteiger partial charge is 0.301 e. The van der Waals surface area contributed by atoms with Crippen molar-refractivity contribution in [3.63, 3.8) is 0 Å². The van der Waals surface area contributed by atoms with Crippen molar-refractivity contribution in [1.82, 2.24) is 15.0 Å². The van der Waals surface area contributed by atoms with Gasteiger partial charge in [0.15, 0.2) is 16.1 Å². The number of rotatable bonds is 1. The molecule has 0 aliphatic rings. The zero-order valence-electron chi connectivity index (χ0n) is 7.84. The molecule has 0 unspecified atom stereocenters. The number of aromatic nitrogens is 3. The maximum atomic E-state index is 13.6. The number of aromatic amines is 1. The normalized spacial score (nSPS) is 11.0. The van der Waals surface area contributed by atoms with Gasteiger partial charge in [-0.1, -0.05) is 35.0 Å². The fraction of sp³-hybridized carbons (Fsp3) is 0.125. The highest BCUT2D eigenvalue weighted by atomic mass is 35.5. The Kier molecular flexibility index (Phi) is 3.05. The van der Waals surface area contributed by atoms with Crippen LogP contribution in [0.5, 0.6) is 0 Å². The number of fused-ring (bicyclic) bond motifs is 1. The number of H-pyrrole nitrogens is 1. The van der Waals surface area contributed by atoms with Crippen molar-refractivity contribution < 1.29 is 4.39 Å². The van der Waals surface area contributed by atoms with E-state index in [1.54, 1.807) is 6.26 Å². The molecule has 8 heteroatoms. The third-order valence-electron chi connectivity index (χ3n) is 1.88. The van der Waals surface area contributed by atoms with Crippen LogP contribution < -0.4 is 5.56 Å². The van der Waals surface area contributed by atoms with Crippen molar-refractivity contribution in [1.29, 1.82) is 0 Å². The van der Waals surface area contributed by atoms with Crippen molar-refractivity contribution in [2.24, 2.45) is 0 Å². The number of nitrogens with zero attached hydrogens (tertiary/aromatic N) is 2. The Bertz CT molecular complexity index is 631. The monoisotopic (exact) mass is 279 g/mol. The number of hydrogen-bond donors (Lipinski definition) is 1. The molecule has 2 aromatic rings. The van der Waals surface area contributed by atoms with Gasteiger partial charge in [-0.25, -0.2) is 14.4 Å². The molecule has 0 aliphatic heterocycles. The molecule has 1 N–H and O–H groups in total. The smallest absolute Gasteiger partial charge is 0.262 e. The molecule has 0 saturated carbocycles. The Morgan fingerprint density at radius 2 is 2.00 bits per heavy atom. The summed E-state index contributed by atoms with van der Waals surface area (Å²) in [4.78, 5) is 21.5. The summed E-state index contributed by atoms with van der Waals surface area (Å²) in [7, 11) is 0. The van der Waals surface area contributed by atoms with Crippen LogP contribution in [0, 0.1) is 5.82 Å².